The Labute approximate surface area is 225 Å². The quantitative estimate of drug-likeness (QED) is 0.0596. The van der Waals surface area contributed by atoms with Crippen LogP contribution in [-0.4, -0.2) is 71.4 Å². The van der Waals surface area contributed by atoms with Crippen LogP contribution >= 0.6 is 7.60 Å². The van der Waals surface area contributed by atoms with Gasteiger partial charge in [-0.25, -0.2) is 0 Å². The molecule has 218 valence electrons. The van der Waals surface area contributed by atoms with E-state index in [4.69, 9.17) is 14.0 Å². The van der Waals surface area contributed by atoms with E-state index < -0.39 is 7.60 Å². The molecule has 36 heavy (non-hydrogen) atoms. The molecule has 0 aliphatic rings. The average molecular weight is 536 g/mol. The first-order valence-corrected chi connectivity index (χ1v) is 16.8. The van der Waals surface area contributed by atoms with Crippen LogP contribution in [0.4, 0.5) is 0 Å². The number of hydrogen-bond acceptors (Lipinski definition) is 5. The summed E-state index contributed by atoms with van der Waals surface area (Å²) in [6.45, 7) is 4.57. The van der Waals surface area contributed by atoms with Crippen molar-refractivity contribution in [2.45, 2.75) is 129 Å². The highest BCUT2D eigenvalue weighted by Gasteiger charge is 2.15. The van der Waals surface area contributed by atoms with Crippen molar-refractivity contribution in [2.75, 3.05) is 60.8 Å². The molecule has 6 nitrogen and oxygen atoms in total. The van der Waals surface area contributed by atoms with Crippen molar-refractivity contribution in [1.82, 2.24) is 0 Å². The van der Waals surface area contributed by atoms with E-state index in [-0.39, 0.29) is 18.9 Å². The van der Waals surface area contributed by atoms with Gasteiger partial charge in [-0.15, -0.1) is 0 Å². The zero-order valence-electron chi connectivity index (χ0n) is 24.8. The van der Waals surface area contributed by atoms with Gasteiger partial charge in [0.2, 0.25) is 0 Å². The fraction of sp³-hybridized carbons (Fsp3) is 1.00. The minimum absolute atomic E-state index is 0.00170. The summed E-state index contributed by atoms with van der Waals surface area (Å²) in [6.07, 6.45) is 22.7. The van der Waals surface area contributed by atoms with E-state index in [1.54, 1.807) is 7.11 Å². The predicted octanol–water partition coefficient (Wildman–Crippen LogP) is 7.34. The molecule has 0 aromatic heterocycles. The van der Waals surface area contributed by atoms with Crippen LogP contribution in [0, 0.1) is 0 Å². The maximum absolute atomic E-state index is 12.1. The minimum Gasteiger partial charge on any atom is -0.778 e. The van der Waals surface area contributed by atoms with Gasteiger partial charge in [0.25, 0.3) is 0 Å². The zero-order valence-corrected chi connectivity index (χ0v) is 25.7. The number of quaternary nitrogens is 1. The van der Waals surface area contributed by atoms with Crippen LogP contribution in [0.1, 0.15) is 122 Å². The largest absolute Gasteiger partial charge is 0.778 e. The minimum atomic E-state index is -3.81. The Balaban J connectivity index is 3.50. The topological polar surface area (TPSA) is 67.8 Å². The van der Waals surface area contributed by atoms with E-state index in [1.807, 2.05) is 0 Å². The van der Waals surface area contributed by atoms with E-state index in [0.29, 0.717) is 13.0 Å². The summed E-state index contributed by atoms with van der Waals surface area (Å²) in [4.78, 5) is 12.1. The van der Waals surface area contributed by atoms with Gasteiger partial charge in [-0.05, 0) is 12.8 Å². The zero-order chi connectivity index (χ0) is 27.0. The number of unbranched alkanes of at least 4 members (excludes halogenated alkanes) is 15. The third-order valence-electron chi connectivity index (χ3n) is 6.77. The van der Waals surface area contributed by atoms with Crippen LogP contribution in [0.3, 0.4) is 0 Å². The molecule has 0 aliphatic carbocycles. The summed E-state index contributed by atoms with van der Waals surface area (Å²) < 4.78 is 29.2. The van der Waals surface area contributed by atoms with Crippen molar-refractivity contribution in [3.05, 3.63) is 0 Å². The molecule has 0 bridgehead atoms. The molecule has 0 radical (unpaired) electrons. The highest BCUT2D eigenvalue weighted by molar-refractivity contribution is 7.51. The Morgan fingerprint density at radius 3 is 1.64 bits per heavy atom. The van der Waals surface area contributed by atoms with E-state index in [1.165, 1.54) is 96.3 Å². The summed E-state index contributed by atoms with van der Waals surface area (Å²) in [5.41, 5.74) is 0. The number of methoxy groups -OCH3 is 1. The van der Waals surface area contributed by atoms with E-state index in [9.17, 15) is 9.46 Å². The van der Waals surface area contributed by atoms with Crippen LogP contribution in [0.5, 0.6) is 0 Å². The molecular weight excluding hydrogens is 473 g/mol. The number of hydrogen-bond donors (Lipinski definition) is 0. The Kier molecular flexibility index (Phi) is 24.1. The Morgan fingerprint density at radius 2 is 1.19 bits per heavy atom. The lowest BCUT2D eigenvalue weighted by molar-refractivity contribution is -0.870. The fourth-order valence-electron chi connectivity index (χ4n) is 4.35. The average Bonchev–Trinajstić information content (AvgIpc) is 2.82. The molecule has 0 fully saturated rings. The molecule has 1 unspecified atom stereocenters. The first-order chi connectivity index (χ1) is 17.2. The van der Waals surface area contributed by atoms with Crippen LogP contribution in [0.25, 0.3) is 0 Å². The first-order valence-electron chi connectivity index (χ1n) is 15.1. The summed E-state index contributed by atoms with van der Waals surface area (Å²) in [5.74, 6) is 0. The smallest absolute Gasteiger partial charge is 0.135 e. The van der Waals surface area contributed by atoms with Gasteiger partial charge in [0, 0.05) is 26.3 Å². The van der Waals surface area contributed by atoms with Gasteiger partial charge < -0.3 is 27.9 Å². The Morgan fingerprint density at radius 1 is 0.722 bits per heavy atom. The van der Waals surface area contributed by atoms with Crippen LogP contribution < -0.4 is 4.89 Å². The third kappa shape index (κ3) is 27.1. The van der Waals surface area contributed by atoms with Crippen molar-refractivity contribution in [2.24, 2.45) is 0 Å². The number of rotatable bonds is 28. The normalized spacial score (nSPS) is 14.7. The predicted molar refractivity (Wildman–Crippen MR) is 152 cm³/mol. The maximum Gasteiger partial charge on any atom is 0.135 e. The second kappa shape index (κ2) is 24.1. The molecular formula is C29H62NO5P. The molecule has 0 saturated carbocycles. The molecule has 0 N–H and O–H groups in total. The van der Waals surface area contributed by atoms with Crippen LogP contribution in [0.15, 0.2) is 0 Å². The van der Waals surface area contributed by atoms with Gasteiger partial charge in [-0.3, -0.25) is 0 Å². The van der Waals surface area contributed by atoms with Gasteiger partial charge in [0.15, 0.2) is 0 Å². The van der Waals surface area contributed by atoms with Crippen molar-refractivity contribution in [1.29, 1.82) is 0 Å². The molecule has 2 atom stereocenters. The molecule has 0 spiro atoms. The number of ether oxygens (including phenoxy) is 2. The molecule has 0 rings (SSSR count). The van der Waals surface area contributed by atoms with Crippen LogP contribution in [0.2, 0.25) is 0 Å². The van der Waals surface area contributed by atoms with Gasteiger partial charge in [0.05, 0.1) is 47.0 Å². The molecule has 7 heteroatoms. The van der Waals surface area contributed by atoms with Crippen LogP contribution in [-0.2, 0) is 18.6 Å². The van der Waals surface area contributed by atoms with Gasteiger partial charge in [-0.1, -0.05) is 103 Å². The third-order valence-corrected chi connectivity index (χ3v) is 8.15. The van der Waals surface area contributed by atoms with E-state index >= 15 is 0 Å². The maximum atomic E-state index is 12.1. The summed E-state index contributed by atoms with van der Waals surface area (Å²) in [5, 5.41) is 0. The molecule has 0 saturated heterocycles. The fourth-order valence-corrected chi connectivity index (χ4v) is 5.49. The molecule has 0 amide bonds. The van der Waals surface area contributed by atoms with Crippen molar-refractivity contribution < 1.29 is 27.9 Å². The molecule has 0 aromatic carbocycles. The van der Waals surface area contributed by atoms with Crippen molar-refractivity contribution in [3.63, 3.8) is 0 Å². The summed E-state index contributed by atoms with van der Waals surface area (Å²) in [6, 6.07) is 0. The highest BCUT2D eigenvalue weighted by Crippen LogP contribution is 2.38. The van der Waals surface area contributed by atoms with E-state index in [2.05, 4.69) is 28.1 Å². The van der Waals surface area contributed by atoms with Crippen molar-refractivity contribution in [3.8, 4) is 0 Å². The van der Waals surface area contributed by atoms with Crippen molar-refractivity contribution >= 4 is 7.60 Å². The Hall–Kier alpha value is 0.0300. The molecule has 0 heterocycles. The van der Waals surface area contributed by atoms with Gasteiger partial charge in [-0.2, -0.15) is 0 Å². The second-order valence-corrected chi connectivity index (χ2v) is 13.5. The molecule has 0 aromatic rings. The second-order valence-electron chi connectivity index (χ2n) is 11.6. The monoisotopic (exact) mass is 535 g/mol. The molecule has 0 aliphatic heterocycles. The number of nitrogens with zero attached hydrogens (tertiary/aromatic N) is 1. The standard InChI is InChI=1S/C29H62NO5P/c1-6-7-8-9-10-11-12-13-14-15-16-17-18-19-20-21-25-34-28-29(33-5)23-27-36(31,32)35-26-22-24-30(2,3)4/h29H,6-28H2,1-5H3/t29-/m0/s1. The van der Waals surface area contributed by atoms with Gasteiger partial charge >= 0.3 is 0 Å². The lowest BCUT2D eigenvalue weighted by Gasteiger charge is -2.27. The lowest BCUT2D eigenvalue weighted by atomic mass is 10.0. The SMILES string of the molecule is CCCCCCCCCCCCCCCCCCOC[C@H](CCP(=O)([O-])OCCC[N+](C)(C)C)OC. The Bertz CT molecular complexity index is 512. The lowest BCUT2D eigenvalue weighted by Crippen LogP contribution is -2.35. The highest BCUT2D eigenvalue weighted by atomic mass is 31.2. The van der Waals surface area contributed by atoms with Gasteiger partial charge in [0.1, 0.15) is 7.60 Å². The first kappa shape index (κ1) is 36.0. The summed E-state index contributed by atoms with van der Waals surface area (Å²) >= 11 is 0. The summed E-state index contributed by atoms with van der Waals surface area (Å²) in [7, 11) is 4.05. The van der Waals surface area contributed by atoms with E-state index in [0.717, 1.165) is 30.5 Å².